The number of benzene rings is 1. The molecular formula is C19H17Br2F3N4O3S. The molecule has 4 rings (SSSR count). The second-order valence-corrected chi connectivity index (χ2v) is 11.0. The van der Waals surface area contributed by atoms with E-state index in [9.17, 15) is 27.5 Å². The highest BCUT2D eigenvalue weighted by Gasteiger charge is 2.46. The van der Waals surface area contributed by atoms with E-state index >= 15 is 0 Å². The van der Waals surface area contributed by atoms with Gasteiger partial charge in [-0.2, -0.15) is 13.2 Å². The first kappa shape index (κ1) is 23.5. The zero-order chi connectivity index (χ0) is 23.3. The first-order chi connectivity index (χ1) is 15.1. The first-order valence-electron chi connectivity index (χ1n) is 9.50. The maximum absolute atomic E-state index is 14.7. The fourth-order valence-electron chi connectivity index (χ4n) is 4.11. The third-order valence-electron chi connectivity index (χ3n) is 5.49. The summed E-state index contributed by atoms with van der Waals surface area (Å²) in [6, 6.07) is 5.25. The van der Waals surface area contributed by atoms with Crippen LogP contribution in [0.2, 0.25) is 0 Å². The van der Waals surface area contributed by atoms with Crippen molar-refractivity contribution in [2.24, 2.45) is 0 Å². The van der Waals surface area contributed by atoms with Crippen molar-refractivity contribution in [1.29, 1.82) is 0 Å². The molecule has 0 saturated heterocycles. The van der Waals surface area contributed by atoms with Crippen molar-refractivity contribution in [3.8, 4) is 0 Å². The summed E-state index contributed by atoms with van der Waals surface area (Å²) in [6.07, 6.45) is -2.74. The first-order valence-corrected chi connectivity index (χ1v) is 13.3. The molecular weight excluding hydrogens is 581 g/mol. The lowest BCUT2D eigenvalue weighted by Gasteiger charge is -2.31. The van der Waals surface area contributed by atoms with Crippen molar-refractivity contribution in [3.63, 3.8) is 0 Å². The average molecular weight is 598 g/mol. The van der Waals surface area contributed by atoms with E-state index in [1.165, 1.54) is 4.90 Å². The van der Waals surface area contributed by atoms with Crippen molar-refractivity contribution in [2.75, 3.05) is 28.6 Å². The lowest BCUT2D eigenvalue weighted by Crippen LogP contribution is -2.42. The molecule has 172 valence electrons. The van der Waals surface area contributed by atoms with Crippen molar-refractivity contribution in [2.45, 2.75) is 24.0 Å². The highest BCUT2D eigenvalue weighted by Crippen LogP contribution is 2.48. The average Bonchev–Trinajstić information content (AvgIpc) is 3.00. The SMILES string of the molecule is O=[N+]([O-])c1cc(C(F)(F)F)c2c(c1)S(=O)(N1CCc3cccnc3C1)=C(CBr)N2CCBr. The monoisotopic (exact) mass is 596 g/mol. The van der Waals surface area contributed by atoms with Crippen LogP contribution >= 0.6 is 31.9 Å². The number of pyridine rings is 1. The number of nitro groups is 1. The fraction of sp³-hybridized carbons (Fsp3) is 0.368. The molecule has 7 nitrogen and oxygen atoms in total. The quantitative estimate of drug-likeness (QED) is 0.221. The summed E-state index contributed by atoms with van der Waals surface area (Å²) in [5.74, 6) is 0. The number of aromatic nitrogens is 1. The number of nitrogens with zero attached hydrogens (tertiary/aromatic N) is 4. The highest BCUT2D eigenvalue weighted by atomic mass is 79.9. The Morgan fingerprint density at radius 2 is 2.03 bits per heavy atom. The van der Waals surface area contributed by atoms with E-state index in [1.807, 2.05) is 6.07 Å². The van der Waals surface area contributed by atoms with Gasteiger partial charge in [-0.15, -0.1) is 0 Å². The molecule has 13 heteroatoms. The van der Waals surface area contributed by atoms with E-state index in [0.717, 1.165) is 11.6 Å². The second-order valence-electron chi connectivity index (χ2n) is 7.21. The normalized spacial score (nSPS) is 20.9. The number of nitro benzene ring substituents is 1. The Bertz CT molecular complexity index is 1210. The standard InChI is InChI=1S/C19H17Br2F3N4O3S/c20-4-7-27-17(10-21)32(31,26-6-3-12-2-1-5-25-15(12)11-26)16-9-13(28(29)30)8-14(18(16)27)19(22,23)24/h1-2,5,8-9H,3-4,6-7,10-11H2. The van der Waals surface area contributed by atoms with Gasteiger partial charge in [0.15, 0.2) is 0 Å². The Balaban J connectivity index is 2.01. The third-order valence-corrected chi connectivity index (χ3v) is 9.70. The summed E-state index contributed by atoms with van der Waals surface area (Å²) in [4.78, 5) is 16.4. The van der Waals surface area contributed by atoms with Gasteiger partial charge in [0.25, 0.3) is 5.69 Å². The predicted molar refractivity (Wildman–Crippen MR) is 123 cm³/mol. The van der Waals surface area contributed by atoms with Crippen LogP contribution in [0.4, 0.5) is 24.5 Å². The van der Waals surface area contributed by atoms with Gasteiger partial charge in [-0.25, -0.2) is 8.51 Å². The van der Waals surface area contributed by atoms with Gasteiger partial charge in [0.1, 0.15) is 4.99 Å². The molecule has 0 amide bonds. The molecule has 0 spiro atoms. The van der Waals surface area contributed by atoms with Crippen LogP contribution in [0.3, 0.4) is 0 Å². The van der Waals surface area contributed by atoms with E-state index < -0.39 is 32.1 Å². The zero-order valence-corrected chi connectivity index (χ0v) is 20.4. The van der Waals surface area contributed by atoms with Crippen LogP contribution in [0.5, 0.6) is 0 Å². The minimum absolute atomic E-state index is 0.0458. The van der Waals surface area contributed by atoms with E-state index in [0.29, 0.717) is 30.1 Å². The number of hydrogen-bond donors (Lipinski definition) is 0. The van der Waals surface area contributed by atoms with Crippen molar-refractivity contribution >= 4 is 57.9 Å². The molecule has 1 aromatic heterocycles. The van der Waals surface area contributed by atoms with Gasteiger partial charge in [0.05, 0.1) is 48.3 Å². The smallest absolute Gasteiger partial charge is 0.334 e. The molecule has 2 aromatic rings. The Kier molecular flexibility index (Phi) is 6.29. The van der Waals surface area contributed by atoms with Crippen LogP contribution < -0.4 is 4.90 Å². The molecule has 0 saturated carbocycles. The summed E-state index contributed by atoms with van der Waals surface area (Å²) >= 11 is 6.57. The number of rotatable bonds is 5. The molecule has 0 aliphatic carbocycles. The summed E-state index contributed by atoms with van der Waals surface area (Å²) in [5.41, 5.74) is -0.514. The molecule has 0 bridgehead atoms. The maximum atomic E-state index is 14.7. The van der Waals surface area contributed by atoms with Crippen LogP contribution in [-0.4, -0.2) is 47.2 Å². The van der Waals surface area contributed by atoms with Crippen LogP contribution in [-0.2, 0) is 28.8 Å². The Labute approximate surface area is 199 Å². The molecule has 3 heterocycles. The van der Waals surface area contributed by atoms with Gasteiger partial charge in [-0.3, -0.25) is 15.1 Å². The molecule has 0 radical (unpaired) electrons. The second kappa shape index (κ2) is 8.58. The number of fused-ring (bicyclic) bond motifs is 2. The number of halogens is 5. The van der Waals surface area contributed by atoms with Gasteiger partial charge in [0, 0.05) is 36.7 Å². The molecule has 2 aliphatic rings. The molecule has 0 N–H and O–H groups in total. The van der Waals surface area contributed by atoms with Crippen LogP contribution in [0.1, 0.15) is 16.8 Å². The molecule has 1 atom stereocenters. The van der Waals surface area contributed by atoms with E-state index in [-0.39, 0.29) is 34.0 Å². The molecule has 1 aromatic carbocycles. The van der Waals surface area contributed by atoms with Crippen molar-refractivity contribution < 1.29 is 22.3 Å². The number of non-ortho nitro benzene ring substituents is 1. The lowest BCUT2D eigenvalue weighted by molar-refractivity contribution is -0.385. The summed E-state index contributed by atoms with van der Waals surface area (Å²) < 4.78 is 58.3. The fourth-order valence-corrected chi connectivity index (χ4v) is 8.58. The van der Waals surface area contributed by atoms with E-state index in [1.54, 1.807) is 16.6 Å². The largest absolute Gasteiger partial charge is 0.418 e. The zero-order valence-electron chi connectivity index (χ0n) is 16.4. The van der Waals surface area contributed by atoms with Gasteiger partial charge in [-0.1, -0.05) is 37.9 Å². The van der Waals surface area contributed by atoms with Gasteiger partial charge >= 0.3 is 6.18 Å². The summed E-state index contributed by atoms with van der Waals surface area (Å²) in [5, 5.41) is 11.8. The third kappa shape index (κ3) is 3.72. The Hall–Kier alpha value is -1.70. The van der Waals surface area contributed by atoms with Crippen LogP contribution in [0, 0.1) is 10.1 Å². The Morgan fingerprint density at radius 1 is 1.28 bits per heavy atom. The lowest BCUT2D eigenvalue weighted by atomic mass is 10.1. The topological polar surface area (TPSA) is 79.6 Å². The molecule has 32 heavy (non-hydrogen) atoms. The predicted octanol–water partition coefficient (Wildman–Crippen LogP) is 4.36. The van der Waals surface area contributed by atoms with Gasteiger partial charge < -0.3 is 4.90 Å². The van der Waals surface area contributed by atoms with E-state index in [4.69, 9.17) is 0 Å². The molecule has 2 aliphatic heterocycles. The highest BCUT2D eigenvalue weighted by molar-refractivity contribution is 9.09. The van der Waals surface area contributed by atoms with Crippen LogP contribution in [0.25, 0.3) is 0 Å². The summed E-state index contributed by atoms with van der Waals surface area (Å²) in [6.45, 7) is 0.602. The van der Waals surface area contributed by atoms with Gasteiger partial charge in [-0.05, 0) is 18.1 Å². The summed E-state index contributed by atoms with van der Waals surface area (Å²) in [7, 11) is -3.39. The van der Waals surface area contributed by atoms with Crippen molar-refractivity contribution in [1.82, 2.24) is 9.29 Å². The molecule has 0 fully saturated rings. The van der Waals surface area contributed by atoms with E-state index in [2.05, 4.69) is 36.8 Å². The number of alkyl halides is 5. The maximum Gasteiger partial charge on any atom is 0.418 e. The van der Waals surface area contributed by atoms with Gasteiger partial charge in [0.2, 0.25) is 0 Å². The Morgan fingerprint density at radius 3 is 2.66 bits per heavy atom. The molecule has 1 unspecified atom stereocenters. The number of hydrogen-bond acceptors (Lipinski definition) is 5. The van der Waals surface area contributed by atoms with Crippen LogP contribution in [0.15, 0.2) is 35.4 Å². The van der Waals surface area contributed by atoms with Crippen molar-refractivity contribution in [3.05, 3.63) is 57.4 Å². The minimum Gasteiger partial charge on any atom is -0.334 e. The minimum atomic E-state index is -4.86. The number of anilines is 1.